The van der Waals surface area contributed by atoms with Crippen LogP contribution in [0.15, 0.2) is 36.7 Å². The molecule has 0 unspecified atom stereocenters. The number of aromatic nitrogens is 2. The molecular weight excluding hydrogens is 336 g/mol. The van der Waals surface area contributed by atoms with E-state index in [0.717, 1.165) is 48.0 Å². The lowest BCUT2D eigenvalue weighted by Crippen LogP contribution is -2.46. The maximum absolute atomic E-state index is 13.3. The molecule has 0 radical (unpaired) electrons. The smallest absolute Gasteiger partial charge is 0.254 e. The van der Waals surface area contributed by atoms with E-state index in [0.29, 0.717) is 11.5 Å². The number of carbonyl (C=O) groups is 1. The van der Waals surface area contributed by atoms with Crippen molar-refractivity contribution in [2.24, 2.45) is 0 Å². The zero-order valence-electron chi connectivity index (χ0n) is 15.2. The number of piperidine rings is 1. The highest BCUT2D eigenvalue weighted by Gasteiger charge is 2.42. The number of hydrogen-bond donors (Lipinski definition) is 1. The van der Waals surface area contributed by atoms with Gasteiger partial charge in [-0.15, -0.1) is 0 Å². The fourth-order valence-electron chi connectivity index (χ4n) is 4.96. The third-order valence-corrected chi connectivity index (χ3v) is 6.23. The Hall–Kier alpha value is -3.13. The van der Waals surface area contributed by atoms with Crippen molar-refractivity contribution in [3.63, 3.8) is 0 Å². The van der Waals surface area contributed by atoms with Crippen molar-refractivity contribution in [3.8, 4) is 6.07 Å². The second kappa shape index (κ2) is 5.95. The van der Waals surface area contributed by atoms with Gasteiger partial charge in [0.2, 0.25) is 0 Å². The summed E-state index contributed by atoms with van der Waals surface area (Å²) in [5.74, 6) is 0.425. The molecule has 2 heterocycles. The summed E-state index contributed by atoms with van der Waals surface area (Å²) in [5, 5.41) is 9.38. The normalized spacial score (nSPS) is 21.0. The van der Waals surface area contributed by atoms with Crippen molar-refractivity contribution in [2.45, 2.75) is 38.1 Å². The maximum Gasteiger partial charge on any atom is 0.254 e. The number of rotatable bonds is 1. The highest BCUT2D eigenvalue weighted by Crippen LogP contribution is 2.44. The average molecular weight is 358 g/mol. The van der Waals surface area contributed by atoms with Gasteiger partial charge < -0.3 is 9.88 Å². The van der Waals surface area contributed by atoms with E-state index < -0.39 is 0 Å². The van der Waals surface area contributed by atoms with Crippen LogP contribution in [0.2, 0.25) is 0 Å². The van der Waals surface area contributed by atoms with Gasteiger partial charge in [0.15, 0.2) is 0 Å². The molecule has 3 aromatic rings. The van der Waals surface area contributed by atoms with Gasteiger partial charge in [-0.05, 0) is 67.1 Å². The molecular formula is C22H22N4O. The van der Waals surface area contributed by atoms with Gasteiger partial charge in [0, 0.05) is 25.5 Å². The minimum Gasteiger partial charge on any atom is -0.345 e. The molecule has 5 heteroatoms. The number of H-pyrrole nitrogens is 1. The molecule has 1 N–H and O–H groups in total. The highest BCUT2D eigenvalue weighted by molar-refractivity contribution is 5.97. The first-order valence-electron chi connectivity index (χ1n) is 9.44. The Bertz CT molecular complexity index is 1110. The summed E-state index contributed by atoms with van der Waals surface area (Å²) in [4.78, 5) is 22.7. The topological polar surface area (TPSA) is 72.8 Å². The third kappa shape index (κ3) is 2.37. The van der Waals surface area contributed by atoms with E-state index in [-0.39, 0.29) is 13.4 Å². The summed E-state index contributed by atoms with van der Waals surface area (Å²) in [6.07, 6.45) is 4.61. The number of hydrogen-bond acceptors (Lipinski definition) is 3. The van der Waals surface area contributed by atoms with Gasteiger partial charge in [0.25, 0.3) is 5.91 Å². The Balaban J connectivity index is 0.00000192. The number of likely N-dealkylation sites (tertiary alicyclic amines) is 1. The standard InChI is InChI=1S/C22H20N4O.H2/c1-13-16(11-23)5-4-14-10-20-17(21(13)14)3-2-8-26(20)22(27)15-6-7-18-19(9-15)25-12-24-18;/h4-7,9,12,17,20H,2-3,8,10H2,1H3,(H,24,25);1H/t17-,20-;/m1./s1. The van der Waals surface area contributed by atoms with Gasteiger partial charge in [0.1, 0.15) is 0 Å². The third-order valence-electron chi connectivity index (χ3n) is 6.23. The van der Waals surface area contributed by atoms with Crippen molar-refractivity contribution >= 4 is 16.9 Å². The lowest BCUT2D eigenvalue weighted by Gasteiger charge is -2.38. The van der Waals surface area contributed by atoms with E-state index in [4.69, 9.17) is 0 Å². The van der Waals surface area contributed by atoms with Crippen LogP contribution in [-0.2, 0) is 6.42 Å². The van der Waals surface area contributed by atoms with Gasteiger partial charge >= 0.3 is 0 Å². The second-order valence-corrected chi connectivity index (χ2v) is 7.58. The summed E-state index contributed by atoms with van der Waals surface area (Å²) in [5.41, 5.74) is 6.91. The van der Waals surface area contributed by atoms with E-state index in [1.165, 1.54) is 11.1 Å². The van der Waals surface area contributed by atoms with Crippen molar-refractivity contribution < 1.29 is 6.22 Å². The van der Waals surface area contributed by atoms with Crippen molar-refractivity contribution in [1.29, 1.82) is 5.26 Å². The fourth-order valence-corrected chi connectivity index (χ4v) is 4.96. The molecule has 1 aliphatic carbocycles. The number of nitrogens with zero attached hydrogens (tertiary/aromatic N) is 3. The fraction of sp³-hybridized carbons (Fsp3) is 0.318. The van der Waals surface area contributed by atoms with Crippen LogP contribution in [0.4, 0.5) is 0 Å². The summed E-state index contributed by atoms with van der Waals surface area (Å²) in [6.45, 7) is 2.84. The van der Waals surface area contributed by atoms with Crippen LogP contribution in [0.3, 0.4) is 0 Å². The number of nitrogens with one attached hydrogen (secondary N) is 1. The van der Waals surface area contributed by atoms with Crippen LogP contribution >= 0.6 is 0 Å². The van der Waals surface area contributed by atoms with E-state index >= 15 is 0 Å². The molecule has 0 spiro atoms. The van der Waals surface area contributed by atoms with Gasteiger partial charge in [0.05, 0.1) is 29.0 Å². The van der Waals surface area contributed by atoms with Gasteiger partial charge in [-0.1, -0.05) is 6.07 Å². The number of nitriles is 1. The minimum atomic E-state index is 0. The molecule has 0 bridgehead atoms. The molecule has 1 amide bonds. The van der Waals surface area contributed by atoms with E-state index in [1.807, 2.05) is 31.2 Å². The first-order valence-corrected chi connectivity index (χ1v) is 9.44. The summed E-state index contributed by atoms with van der Waals surface area (Å²) >= 11 is 0. The molecule has 2 atom stereocenters. The molecule has 1 saturated heterocycles. The summed E-state index contributed by atoms with van der Waals surface area (Å²) in [7, 11) is 0. The first-order chi connectivity index (χ1) is 13.2. The van der Waals surface area contributed by atoms with Crippen LogP contribution < -0.4 is 0 Å². The van der Waals surface area contributed by atoms with Crippen LogP contribution in [0.1, 0.15) is 52.8 Å². The van der Waals surface area contributed by atoms with Crippen LogP contribution in [0.25, 0.3) is 11.0 Å². The molecule has 136 valence electrons. The predicted octanol–water partition coefficient (Wildman–Crippen LogP) is 3.93. The molecule has 1 aromatic heterocycles. The number of aromatic amines is 1. The Morgan fingerprint density at radius 2 is 2.26 bits per heavy atom. The summed E-state index contributed by atoms with van der Waals surface area (Å²) in [6, 6.07) is 12.2. The van der Waals surface area contributed by atoms with Gasteiger partial charge in [-0.2, -0.15) is 5.26 Å². The number of benzene rings is 2. The van der Waals surface area contributed by atoms with Crippen molar-refractivity contribution in [3.05, 3.63) is 64.5 Å². The zero-order valence-corrected chi connectivity index (χ0v) is 15.2. The maximum atomic E-state index is 13.3. The molecule has 5 rings (SSSR count). The summed E-state index contributed by atoms with van der Waals surface area (Å²) < 4.78 is 0. The Morgan fingerprint density at radius 1 is 1.37 bits per heavy atom. The Labute approximate surface area is 159 Å². The quantitative estimate of drug-likeness (QED) is 0.716. The lowest BCUT2D eigenvalue weighted by atomic mass is 9.85. The highest BCUT2D eigenvalue weighted by atomic mass is 16.2. The van der Waals surface area contributed by atoms with Gasteiger partial charge in [-0.3, -0.25) is 4.79 Å². The lowest BCUT2D eigenvalue weighted by molar-refractivity contribution is 0.0595. The zero-order chi connectivity index (χ0) is 18.5. The SMILES string of the molecule is Cc1c(C#N)ccc2c1[C@@H]1CCCN(C(=O)c3ccc4nc[nH]c4c3)[C@@H]1C2.[HH]. The molecule has 0 saturated carbocycles. The van der Waals surface area contributed by atoms with Crippen LogP contribution in [0, 0.1) is 18.3 Å². The van der Waals surface area contributed by atoms with Crippen LogP contribution in [-0.4, -0.2) is 33.4 Å². The largest absolute Gasteiger partial charge is 0.345 e. The number of amides is 1. The molecule has 5 nitrogen and oxygen atoms in total. The average Bonchev–Trinajstić information content (AvgIpc) is 3.31. The molecule has 2 aliphatic rings. The molecule has 27 heavy (non-hydrogen) atoms. The Morgan fingerprint density at radius 3 is 3.11 bits per heavy atom. The van der Waals surface area contributed by atoms with Gasteiger partial charge in [-0.25, -0.2) is 4.98 Å². The predicted molar refractivity (Wildman–Crippen MR) is 105 cm³/mol. The molecule has 1 fully saturated rings. The first kappa shape index (κ1) is 16.1. The minimum absolute atomic E-state index is 0. The van der Waals surface area contributed by atoms with Crippen molar-refractivity contribution in [1.82, 2.24) is 14.9 Å². The van der Waals surface area contributed by atoms with Crippen LogP contribution in [0.5, 0.6) is 0 Å². The van der Waals surface area contributed by atoms with E-state index in [1.54, 1.807) is 6.33 Å². The van der Waals surface area contributed by atoms with E-state index in [2.05, 4.69) is 27.0 Å². The number of imidazole rings is 1. The second-order valence-electron chi connectivity index (χ2n) is 7.58. The van der Waals surface area contributed by atoms with Crippen molar-refractivity contribution in [2.75, 3.05) is 6.54 Å². The molecule has 2 aromatic carbocycles. The monoisotopic (exact) mass is 358 g/mol. The number of carbonyl (C=O) groups excluding carboxylic acids is 1. The number of fused-ring (bicyclic) bond motifs is 4. The Kier molecular flexibility index (Phi) is 3.54. The molecule has 1 aliphatic heterocycles. The van der Waals surface area contributed by atoms with E-state index in [9.17, 15) is 10.1 Å².